The summed E-state index contributed by atoms with van der Waals surface area (Å²) in [6.07, 6.45) is 9.33. The largest absolute Gasteiger partial charge is 0.481 e. The second kappa shape index (κ2) is 8.37. The Kier molecular flexibility index (Phi) is 6.49. The van der Waals surface area contributed by atoms with E-state index in [2.05, 4.69) is 10.2 Å². The van der Waals surface area contributed by atoms with Crippen LogP contribution in [0, 0.1) is 5.92 Å². The van der Waals surface area contributed by atoms with Gasteiger partial charge in [-0.1, -0.05) is 25.7 Å². The van der Waals surface area contributed by atoms with E-state index in [0.717, 1.165) is 38.8 Å². The predicted molar refractivity (Wildman–Crippen MR) is 81.0 cm³/mol. The van der Waals surface area contributed by atoms with Crippen molar-refractivity contribution < 1.29 is 14.7 Å². The molecule has 0 radical (unpaired) electrons. The summed E-state index contributed by atoms with van der Waals surface area (Å²) in [6.45, 7) is 2.16. The zero-order valence-electron chi connectivity index (χ0n) is 12.9. The van der Waals surface area contributed by atoms with Crippen molar-refractivity contribution in [1.82, 2.24) is 10.2 Å². The minimum absolute atomic E-state index is 0.138. The van der Waals surface area contributed by atoms with Crippen molar-refractivity contribution in [3.63, 3.8) is 0 Å². The van der Waals surface area contributed by atoms with Gasteiger partial charge in [0, 0.05) is 12.5 Å². The molecule has 1 saturated heterocycles. The molecule has 1 amide bonds. The van der Waals surface area contributed by atoms with E-state index in [-0.39, 0.29) is 18.2 Å². The van der Waals surface area contributed by atoms with E-state index >= 15 is 0 Å². The van der Waals surface area contributed by atoms with E-state index in [1.165, 1.54) is 25.7 Å². The lowest BCUT2D eigenvalue weighted by atomic mass is 9.94. The third-order valence-electron chi connectivity index (χ3n) is 4.76. The van der Waals surface area contributed by atoms with E-state index in [1.54, 1.807) is 0 Å². The zero-order valence-corrected chi connectivity index (χ0v) is 12.9. The van der Waals surface area contributed by atoms with Gasteiger partial charge in [-0.3, -0.25) is 14.5 Å². The third-order valence-corrected chi connectivity index (χ3v) is 4.76. The van der Waals surface area contributed by atoms with Crippen LogP contribution in [0.1, 0.15) is 57.8 Å². The fourth-order valence-electron chi connectivity index (χ4n) is 3.50. The number of nitrogens with one attached hydrogen (secondary N) is 1. The van der Waals surface area contributed by atoms with E-state index in [4.69, 9.17) is 5.11 Å². The average Bonchev–Trinajstić information content (AvgIpc) is 2.69. The highest BCUT2D eigenvalue weighted by atomic mass is 16.4. The fourth-order valence-corrected chi connectivity index (χ4v) is 3.50. The molecule has 0 bridgehead atoms. The van der Waals surface area contributed by atoms with Crippen LogP contribution in [-0.4, -0.2) is 47.6 Å². The van der Waals surface area contributed by atoms with Crippen LogP contribution in [0.5, 0.6) is 0 Å². The van der Waals surface area contributed by atoms with E-state index in [9.17, 15) is 9.59 Å². The van der Waals surface area contributed by atoms with Crippen molar-refractivity contribution in [3.05, 3.63) is 0 Å². The van der Waals surface area contributed by atoms with Gasteiger partial charge in [-0.25, -0.2) is 0 Å². The summed E-state index contributed by atoms with van der Waals surface area (Å²) in [6, 6.07) is 0.365. The van der Waals surface area contributed by atoms with Gasteiger partial charge >= 0.3 is 5.97 Å². The molecule has 0 unspecified atom stereocenters. The van der Waals surface area contributed by atoms with Gasteiger partial charge in [-0.15, -0.1) is 0 Å². The Morgan fingerprint density at radius 2 is 1.62 bits per heavy atom. The van der Waals surface area contributed by atoms with Crippen LogP contribution in [0.3, 0.4) is 0 Å². The van der Waals surface area contributed by atoms with Crippen LogP contribution in [-0.2, 0) is 9.59 Å². The molecule has 1 aliphatic heterocycles. The first-order chi connectivity index (χ1) is 10.1. The number of hydrogen-bond donors (Lipinski definition) is 2. The maximum absolute atomic E-state index is 12.1. The number of amides is 1. The van der Waals surface area contributed by atoms with Gasteiger partial charge in [-0.05, 0) is 44.7 Å². The third kappa shape index (κ3) is 6.04. The first kappa shape index (κ1) is 16.3. The van der Waals surface area contributed by atoms with Gasteiger partial charge in [0.25, 0.3) is 0 Å². The van der Waals surface area contributed by atoms with Crippen LogP contribution in [0.25, 0.3) is 0 Å². The molecule has 1 aliphatic carbocycles. The molecule has 5 nitrogen and oxygen atoms in total. The number of carbonyl (C=O) groups is 2. The second-order valence-electron chi connectivity index (χ2n) is 6.57. The fraction of sp³-hybridized carbons (Fsp3) is 0.875. The number of aliphatic carboxylic acids is 1. The normalized spacial score (nSPS) is 22.7. The predicted octanol–water partition coefficient (Wildman–Crippen LogP) is 2.01. The van der Waals surface area contributed by atoms with Crippen molar-refractivity contribution in [2.45, 2.75) is 63.8 Å². The van der Waals surface area contributed by atoms with E-state index in [0.29, 0.717) is 12.6 Å². The molecule has 0 atom stereocenters. The highest BCUT2D eigenvalue weighted by Gasteiger charge is 2.23. The Morgan fingerprint density at radius 3 is 2.19 bits per heavy atom. The Morgan fingerprint density at radius 1 is 1.00 bits per heavy atom. The number of piperidine rings is 1. The summed E-state index contributed by atoms with van der Waals surface area (Å²) in [4.78, 5) is 25.0. The molecule has 21 heavy (non-hydrogen) atoms. The minimum atomic E-state index is -0.709. The highest BCUT2D eigenvalue weighted by molar-refractivity contribution is 5.78. The maximum Gasteiger partial charge on any atom is 0.303 e. The lowest BCUT2D eigenvalue weighted by Crippen LogP contribution is -2.44. The van der Waals surface area contributed by atoms with Gasteiger partial charge < -0.3 is 10.4 Å². The minimum Gasteiger partial charge on any atom is -0.481 e. The maximum atomic E-state index is 12.1. The summed E-state index contributed by atoms with van der Waals surface area (Å²) in [7, 11) is 0. The van der Waals surface area contributed by atoms with E-state index in [1.807, 2.05) is 0 Å². The molecule has 0 spiro atoms. The molecule has 0 aromatic carbocycles. The van der Waals surface area contributed by atoms with Gasteiger partial charge in [0.1, 0.15) is 0 Å². The van der Waals surface area contributed by atoms with Crippen LogP contribution >= 0.6 is 0 Å². The molecule has 0 aromatic rings. The summed E-state index contributed by atoms with van der Waals surface area (Å²) in [5.41, 5.74) is 0. The Labute approximate surface area is 127 Å². The quantitative estimate of drug-likeness (QED) is 0.762. The monoisotopic (exact) mass is 296 g/mol. The molecule has 2 rings (SSSR count). The average molecular weight is 296 g/mol. The molecular weight excluding hydrogens is 268 g/mol. The van der Waals surface area contributed by atoms with Crippen LogP contribution < -0.4 is 5.32 Å². The second-order valence-corrected chi connectivity index (χ2v) is 6.57. The summed E-state index contributed by atoms with van der Waals surface area (Å²) in [5.74, 6) is -0.290. The van der Waals surface area contributed by atoms with Crippen LogP contribution in [0.15, 0.2) is 0 Å². The topological polar surface area (TPSA) is 69.6 Å². The zero-order chi connectivity index (χ0) is 15.1. The molecule has 1 heterocycles. The first-order valence-corrected chi connectivity index (χ1v) is 8.37. The first-order valence-electron chi connectivity index (χ1n) is 8.37. The number of carboxylic acids is 1. The number of rotatable bonds is 5. The number of hydrogen-bond acceptors (Lipinski definition) is 3. The number of carboxylic acid groups (broad SMARTS) is 1. The van der Waals surface area contributed by atoms with Gasteiger partial charge in [-0.2, -0.15) is 0 Å². The van der Waals surface area contributed by atoms with E-state index < -0.39 is 5.97 Å². The Balaban J connectivity index is 1.65. The molecule has 1 saturated carbocycles. The Bertz CT molecular complexity index is 343. The van der Waals surface area contributed by atoms with Crippen molar-refractivity contribution in [2.75, 3.05) is 19.6 Å². The standard InChI is InChI=1S/C16H28N2O3/c19-15(17-14-5-3-1-2-4-6-14)12-18-9-7-13(8-10-18)11-16(20)21/h13-14H,1-12H2,(H,17,19)(H,20,21). The van der Waals surface area contributed by atoms with Crippen molar-refractivity contribution >= 4 is 11.9 Å². The molecule has 5 heteroatoms. The SMILES string of the molecule is O=C(O)CC1CCN(CC(=O)NC2CCCCCC2)CC1. The summed E-state index contributed by atoms with van der Waals surface area (Å²) >= 11 is 0. The van der Waals surface area contributed by atoms with Crippen molar-refractivity contribution in [2.24, 2.45) is 5.92 Å². The van der Waals surface area contributed by atoms with Crippen molar-refractivity contribution in [3.8, 4) is 0 Å². The van der Waals surface area contributed by atoms with Gasteiger partial charge in [0.15, 0.2) is 0 Å². The van der Waals surface area contributed by atoms with Gasteiger partial charge in [0.2, 0.25) is 5.91 Å². The number of likely N-dealkylation sites (tertiary alicyclic amines) is 1. The summed E-state index contributed by atoms with van der Waals surface area (Å²) in [5, 5.41) is 12.0. The molecule has 2 aliphatic rings. The highest BCUT2D eigenvalue weighted by Crippen LogP contribution is 2.20. The molecule has 0 aromatic heterocycles. The molecular formula is C16H28N2O3. The number of nitrogens with zero attached hydrogens (tertiary/aromatic N) is 1. The van der Waals surface area contributed by atoms with Gasteiger partial charge in [0.05, 0.1) is 6.54 Å². The van der Waals surface area contributed by atoms with Crippen LogP contribution in [0.2, 0.25) is 0 Å². The summed E-state index contributed by atoms with van der Waals surface area (Å²) < 4.78 is 0. The Hall–Kier alpha value is -1.10. The lowest BCUT2D eigenvalue weighted by Gasteiger charge is -2.31. The molecule has 2 fully saturated rings. The lowest BCUT2D eigenvalue weighted by molar-refractivity contribution is -0.138. The van der Waals surface area contributed by atoms with Crippen LogP contribution in [0.4, 0.5) is 0 Å². The smallest absolute Gasteiger partial charge is 0.303 e. The number of carbonyl (C=O) groups excluding carboxylic acids is 1. The molecule has 120 valence electrons. The molecule has 2 N–H and O–H groups in total. The van der Waals surface area contributed by atoms with Crippen molar-refractivity contribution in [1.29, 1.82) is 0 Å².